The minimum Gasteiger partial charge on any atom is -0.451 e. The highest BCUT2D eigenvalue weighted by molar-refractivity contribution is 5.95. The number of amides is 5. The molecule has 1 saturated heterocycles. The second kappa shape index (κ2) is 23.4. The number of carbonyl (C=O) groups excluding carboxylic acids is 6. The molecule has 1 heterocycles. The molecule has 2 rings (SSSR count). The summed E-state index contributed by atoms with van der Waals surface area (Å²) in [5, 5.41) is 9.35. The molecule has 13 nitrogen and oxygen atoms in total. The first kappa shape index (κ1) is 49.1. The molecule has 0 radical (unpaired) electrons. The van der Waals surface area contributed by atoms with Gasteiger partial charge in [-0.05, 0) is 68.8 Å². The number of rotatable bonds is 13. The Balaban J connectivity index is 2.80. The van der Waals surface area contributed by atoms with Crippen molar-refractivity contribution in [1.82, 2.24) is 30.7 Å². The van der Waals surface area contributed by atoms with E-state index in [0.29, 0.717) is 25.7 Å². The first-order valence-corrected chi connectivity index (χ1v) is 21.1. The monoisotopic (exact) mass is 799 g/mol. The second-order valence-electron chi connectivity index (χ2n) is 17.5. The molecule has 1 aromatic carbocycles. The molecule has 0 spiro atoms. The Hall–Kier alpha value is -4.00. The Kier molecular flexibility index (Phi) is 20.2. The Labute approximate surface area is 342 Å². The van der Waals surface area contributed by atoms with Gasteiger partial charge in [-0.25, -0.2) is 4.79 Å². The van der Waals surface area contributed by atoms with Gasteiger partial charge < -0.3 is 30.1 Å². The molecule has 57 heavy (non-hydrogen) atoms. The van der Waals surface area contributed by atoms with Crippen LogP contribution in [0, 0.1) is 23.7 Å². The molecule has 0 aromatic heterocycles. The van der Waals surface area contributed by atoms with Gasteiger partial charge in [-0.15, -0.1) is 0 Å². The highest BCUT2D eigenvalue weighted by Gasteiger charge is 2.39. The van der Waals surface area contributed by atoms with Gasteiger partial charge in [-0.1, -0.05) is 105 Å². The third-order valence-electron chi connectivity index (χ3n) is 10.9. The number of esters is 1. The number of benzene rings is 1. The van der Waals surface area contributed by atoms with E-state index < -0.39 is 66.2 Å². The van der Waals surface area contributed by atoms with Crippen LogP contribution >= 0.6 is 0 Å². The lowest BCUT2D eigenvalue weighted by molar-refractivity contribution is -0.162. The van der Waals surface area contributed by atoms with Crippen LogP contribution in [0.5, 0.6) is 0 Å². The number of hydrogen-bond donors (Lipinski definition) is 3. The second-order valence-corrected chi connectivity index (χ2v) is 17.5. The van der Waals surface area contributed by atoms with Gasteiger partial charge in [0.2, 0.25) is 23.6 Å². The predicted molar refractivity (Wildman–Crippen MR) is 224 cm³/mol. The molecule has 1 aliphatic rings. The fourth-order valence-electron chi connectivity index (χ4n) is 7.24. The molecule has 13 heteroatoms. The largest absolute Gasteiger partial charge is 0.451 e. The van der Waals surface area contributed by atoms with Gasteiger partial charge in [0.1, 0.15) is 24.2 Å². The number of unbranched alkanes of at least 4 members (excludes halogenated alkanes) is 1. The van der Waals surface area contributed by atoms with Crippen molar-refractivity contribution in [2.75, 3.05) is 21.1 Å². The summed E-state index contributed by atoms with van der Waals surface area (Å²) in [6, 6.07) is 4.61. The molecule has 0 aliphatic carbocycles. The van der Waals surface area contributed by atoms with Crippen molar-refractivity contribution in [3.8, 4) is 0 Å². The Morgan fingerprint density at radius 3 is 1.72 bits per heavy atom. The number of nitrogens with one attached hydrogen (secondary N) is 3. The molecular formula is C44H74N6O7. The maximum Gasteiger partial charge on any atom is 0.329 e. The summed E-state index contributed by atoms with van der Waals surface area (Å²) in [5.74, 6) is -2.82. The van der Waals surface area contributed by atoms with E-state index in [9.17, 15) is 28.8 Å². The lowest BCUT2D eigenvalue weighted by atomic mass is 9.94. The van der Waals surface area contributed by atoms with Gasteiger partial charge >= 0.3 is 5.97 Å². The zero-order chi connectivity index (χ0) is 43.1. The summed E-state index contributed by atoms with van der Waals surface area (Å²) < 4.78 is 5.60. The maximum atomic E-state index is 14.8. The lowest BCUT2D eigenvalue weighted by Gasteiger charge is -2.38. The standard InChI is InChI=1S/C44H74N6O7/c1-14-15-19-30(8)25-36-41(53)48(11)31(9)44(56)57-32(10)39(51)46-35(23-28(4)5)43(55)50(13)38(24-29(6)7)45-34(22-27(2)3)42(54)49(12)37(40(52)47-36)26-33-20-17-16-18-21-33/h16-18,20-21,27-32,34-38,45H,14-15,19,22-26H2,1-13H3,(H,46,51)(H,47,52)/t30-,31?,32-,34?,35?,36?,37+,38?/m1/s1. The molecule has 0 bridgehead atoms. The molecule has 322 valence electrons. The number of hydrogen-bond acceptors (Lipinski definition) is 8. The van der Waals surface area contributed by atoms with Crippen molar-refractivity contribution in [3.05, 3.63) is 35.9 Å². The van der Waals surface area contributed by atoms with Crippen LogP contribution in [0.3, 0.4) is 0 Å². The topological polar surface area (TPSA) is 157 Å². The normalized spacial score (nSPS) is 26.2. The molecule has 1 fully saturated rings. The highest BCUT2D eigenvalue weighted by atomic mass is 16.5. The minimum atomic E-state index is -1.27. The molecule has 5 amide bonds. The summed E-state index contributed by atoms with van der Waals surface area (Å²) in [6.45, 7) is 19.1. The van der Waals surface area contributed by atoms with Crippen LogP contribution in [0.25, 0.3) is 0 Å². The van der Waals surface area contributed by atoms with Crippen molar-refractivity contribution in [3.63, 3.8) is 0 Å². The van der Waals surface area contributed by atoms with Crippen LogP contribution in [0.4, 0.5) is 0 Å². The van der Waals surface area contributed by atoms with Crippen LogP contribution in [0.15, 0.2) is 30.3 Å². The summed E-state index contributed by atoms with van der Waals surface area (Å²) >= 11 is 0. The quantitative estimate of drug-likeness (QED) is 0.238. The average molecular weight is 799 g/mol. The van der Waals surface area contributed by atoms with Crippen LogP contribution in [-0.4, -0.2) is 114 Å². The molecule has 5 unspecified atom stereocenters. The van der Waals surface area contributed by atoms with E-state index in [2.05, 4.69) is 22.9 Å². The third-order valence-corrected chi connectivity index (χ3v) is 10.9. The van der Waals surface area contributed by atoms with Crippen LogP contribution in [-0.2, 0) is 39.9 Å². The summed E-state index contributed by atoms with van der Waals surface area (Å²) in [7, 11) is 4.75. The van der Waals surface area contributed by atoms with Gasteiger partial charge in [0, 0.05) is 27.6 Å². The van der Waals surface area contributed by atoms with Gasteiger partial charge in [0.25, 0.3) is 5.91 Å². The molecule has 1 aliphatic heterocycles. The fourth-order valence-corrected chi connectivity index (χ4v) is 7.24. The first-order valence-electron chi connectivity index (χ1n) is 21.1. The SMILES string of the molecule is CCCC[C@@H](C)CC1NC(=O)[C@H](Cc2ccccc2)N(C)C(=O)C(CC(C)C)NC(CC(C)C)N(C)C(=O)C(CC(C)C)NC(=O)[C@@H](C)OC(=O)C(C)N(C)C1=O. The van der Waals surface area contributed by atoms with Crippen molar-refractivity contribution in [1.29, 1.82) is 0 Å². The van der Waals surface area contributed by atoms with E-state index in [0.717, 1.165) is 24.8 Å². The summed E-state index contributed by atoms with van der Waals surface area (Å²) in [6.07, 6.45) is 2.65. The van der Waals surface area contributed by atoms with E-state index in [-0.39, 0.29) is 41.9 Å². The third kappa shape index (κ3) is 15.4. The van der Waals surface area contributed by atoms with Gasteiger partial charge in [0.05, 0.1) is 12.2 Å². The summed E-state index contributed by atoms with van der Waals surface area (Å²) in [5.41, 5.74) is 0.836. The van der Waals surface area contributed by atoms with E-state index in [4.69, 9.17) is 4.74 Å². The number of likely N-dealkylation sites (N-methyl/N-ethyl adjacent to an activating group) is 3. The van der Waals surface area contributed by atoms with E-state index in [1.54, 1.807) is 19.0 Å². The zero-order valence-electron chi connectivity index (χ0n) is 37.1. The fraction of sp³-hybridized carbons (Fsp3) is 0.727. The first-order chi connectivity index (χ1) is 26.7. The van der Waals surface area contributed by atoms with Crippen molar-refractivity contribution >= 4 is 35.5 Å². The molecule has 1 aromatic rings. The van der Waals surface area contributed by atoms with E-state index >= 15 is 0 Å². The van der Waals surface area contributed by atoms with Crippen molar-refractivity contribution in [2.24, 2.45) is 23.7 Å². The maximum absolute atomic E-state index is 14.8. The Morgan fingerprint density at radius 2 is 1.16 bits per heavy atom. The van der Waals surface area contributed by atoms with Gasteiger partial charge in [-0.3, -0.25) is 29.3 Å². The highest BCUT2D eigenvalue weighted by Crippen LogP contribution is 2.21. The number of nitrogens with zero attached hydrogens (tertiary/aromatic N) is 3. The van der Waals surface area contributed by atoms with Crippen LogP contribution < -0.4 is 16.0 Å². The molecular weight excluding hydrogens is 725 g/mol. The van der Waals surface area contributed by atoms with Gasteiger partial charge in [0.15, 0.2) is 6.10 Å². The molecule has 0 saturated carbocycles. The van der Waals surface area contributed by atoms with Crippen molar-refractivity contribution in [2.45, 2.75) is 163 Å². The van der Waals surface area contributed by atoms with Crippen molar-refractivity contribution < 1.29 is 33.5 Å². The molecule has 3 N–H and O–H groups in total. The number of cyclic esters (lactones) is 1. The number of ether oxygens (including phenoxy) is 1. The van der Waals surface area contributed by atoms with Crippen LogP contribution in [0.1, 0.15) is 120 Å². The smallest absolute Gasteiger partial charge is 0.329 e. The number of carbonyl (C=O) groups is 6. The molecule has 8 atom stereocenters. The Morgan fingerprint density at radius 1 is 0.649 bits per heavy atom. The zero-order valence-corrected chi connectivity index (χ0v) is 37.1. The lowest BCUT2D eigenvalue weighted by Crippen LogP contribution is -2.62. The van der Waals surface area contributed by atoms with Crippen LogP contribution in [0.2, 0.25) is 0 Å². The minimum absolute atomic E-state index is 0.0292. The van der Waals surface area contributed by atoms with E-state index in [1.807, 2.05) is 78.8 Å². The summed E-state index contributed by atoms with van der Waals surface area (Å²) in [4.78, 5) is 89.3. The Bertz CT molecular complexity index is 1470. The predicted octanol–water partition coefficient (Wildman–Crippen LogP) is 4.92. The average Bonchev–Trinajstić information content (AvgIpc) is 3.15. The van der Waals surface area contributed by atoms with Gasteiger partial charge in [-0.2, -0.15) is 0 Å². The van der Waals surface area contributed by atoms with E-state index in [1.165, 1.54) is 30.7 Å².